The van der Waals surface area contributed by atoms with Gasteiger partial charge in [-0.15, -0.1) is 0 Å². The number of halogens is 1. The SMILES string of the molecule is C[C@@H]1C2=C(CC[C@H]2C=O)Cc2c1cnn2-c1ccc(F)cc1. The average molecular weight is 296 g/mol. The highest BCUT2D eigenvalue weighted by Gasteiger charge is 2.35. The highest BCUT2D eigenvalue weighted by atomic mass is 19.1. The molecule has 112 valence electrons. The standard InChI is InChI=1S/C18H17FN2O/c1-11-16-9-20-21(15-6-4-14(19)5-7-15)17(16)8-12-2-3-13(10-22)18(11)12/h4-7,9-11,13H,2-3,8H2,1H3/t11-,13-/m0/s1. The van der Waals surface area contributed by atoms with E-state index in [1.54, 1.807) is 12.1 Å². The van der Waals surface area contributed by atoms with Crippen molar-refractivity contribution in [1.82, 2.24) is 9.78 Å². The molecule has 0 fully saturated rings. The van der Waals surface area contributed by atoms with Crippen LogP contribution in [0.4, 0.5) is 4.39 Å². The normalized spacial score (nSPS) is 23.4. The Morgan fingerprint density at radius 1 is 1.32 bits per heavy atom. The number of benzene rings is 1. The van der Waals surface area contributed by atoms with Gasteiger partial charge in [0.2, 0.25) is 0 Å². The Kier molecular flexibility index (Phi) is 2.99. The van der Waals surface area contributed by atoms with Crippen LogP contribution in [0.5, 0.6) is 0 Å². The quantitative estimate of drug-likeness (QED) is 0.627. The van der Waals surface area contributed by atoms with Crippen LogP contribution in [-0.4, -0.2) is 16.1 Å². The third-order valence-corrected chi connectivity index (χ3v) is 5.02. The van der Waals surface area contributed by atoms with Gasteiger partial charge in [0, 0.05) is 23.8 Å². The lowest BCUT2D eigenvalue weighted by molar-refractivity contribution is -0.110. The summed E-state index contributed by atoms with van der Waals surface area (Å²) in [4.78, 5) is 11.3. The molecule has 3 nitrogen and oxygen atoms in total. The van der Waals surface area contributed by atoms with Crippen LogP contribution in [-0.2, 0) is 11.2 Å². The smallest absolute Gasteiger partial charge is 0.127 e. The van der Waals surface area contributed by atoms with Gasteiger partial charge >= 0.3 is 0 Å². The summed E-state index contributed by atoms with van der Waals surface area (Å²) in [5.41, 5.74) is 5.94. The van der Waals surface area contributed by atoms with E-state index in [-0.39, 0.29) is 17.7 Å². The van der Waals surface area contributed by atoms with Crippen molar-refractivity contribution in [1.29, 1.82) is 0 Å². The van der Waals surface area contributed by atoms with Crippen molar-refractivity contribution in [3.63, 3.8) is 0 Å². The molecule has 2 atom stereocenters. The maximum Gasteiger partial charge on any atom is 0.127 e. The molecular formula is C18H17FN2O. The van der Waals surface area contributed by atoms with Crippen LogP contribution < -0.4 is 0 Å². The Labute approximate surface area is 128 Å². The summed E-state index contributed by atoms with van der Waals surface area (Å²) >= 11 is 0. The zero-order valence-electron chi connectivity index (χ0n) is 12.4. The van der Waals surface area contributed by atoms with Gasteiger partial charge in [0.1, 0.15) is 12.1 Å². The largest absolute Gasteiger partial charge is 0.303 e. The molecule has 1 aromatic heterocycles. The Hall–Kier alpha value is -2.23. The first-order valence-corrected chi connectivity index (χ1v) is 7.69. The number of aldehydes is 1. The number of aromatic nitrogens is 2. The Bertz CT molecular complexity index is 773. The molecule has 0 radical (unpaired) electrons. The van der Waals surface area contributed by atoms with Crippen molar-refractivity contribution < 1.29 is 9.18 Å². The lowest BCUT2D eigenvalue weighted by atomic mass is 9.80. The van der Waals surface area contributed by atoms with E-state index in [1.165, 1.54) is 34.5 Å². The van der Waals surface area contributed by atoms with E-state index in [2.05, 4.69) is 12.0 Å². The molecule has 2 aromatic rings. The summed E-state index contributed by atoms with van der Waals surface area (Å²) in [6, 6.07) is 6.41. The van der Waals surface area contributed by atoms with E-state index < -0.39 is 0 Å². The monoisotopic (exact) mass is 296 g/mol. The molecule has 0 saturated carbocycles. The molecule has 0 unspecified atom stereocenters. The van der Waals surface area contributed by atoms with Gasteiger partial charge in [0.05, 0.1) is 17.6 Å². The Morgan fingerprint density at radius 2 is 2.09 bits per heavy atom. The molecule has 2 aliphatic carbocycles. The van der Waals surface area contributed by atoms with Crippen LogP contribution in [0.1, 0.15) is 36.9 Å². The zero-order chi connectivity index (χ0) is 15.3. The molecule has 0 bridgehead atoms. The number of nitrogens with zero attached hydrogens (tertiary/aromatic N) is 2. The maximum absolute atomic E-state index is 13.1. The van der Waals surface area contributed by atoms with E-state index in [1.807, 2.05) is 10.9 Å². The molecule has 1 aromatic carbocycles. The highest BCUT2D eigenvalue weighted by molar-refractivity contribution is 5.64. The fraction of sp³-hybridized carbons (Fsp3) is 0.333. The van der Waals surface area contributed by atoms with Gasteiger partial charge in [-0.3, -0.25) is 0 Å². The third kappa shape index (κ3) is 1.86. The maximum atomic E-state index is 13.1. The number of hydrogen-bond acceptors (Lipinski definition) is 2. The lowest BCUT2D eigenvalue weighted by Gasteiger charge is -2.25. The van der Waals surface area contributed by atoms with Gasteiger partial charge in [0.25, 0.3) is 0 Å². The van der Waals surface area contributed by atoms with E-state index in [0.29, 0.717) is 0 Å². The summed E-state index contributed by atoms with van der Waals surface area (Å²) in [6.45, 7) is 2.16. The molecule has 4 heteroatoms. The van der Waals surface area contributed by atoms with Gasteiger partial charge in [-0.05, 0) is 37.1 Å². The van der Waals surface area contributed by atoms with Gasteiger partial charge in [0.15, 0.2) is 0 Å². The Morgan fingerprint density at radius 3 is 2.82 bits per heavy atom. The van der Waals surface area contributed by atoms with Crippen molar-refractivity contribution in [2.75, 3.05) is 0 Å². The first-order chi connectivity index (χ1) is 10.7. The first-order valence-electron chi connectivity index (χ1n) is 7.69. The summed E-state index contributed by atoms with van der Waals surface area (Å²) in [6.07, 6.45) is 5.77. The van der Waals surface area contributed by atoms with Gasteiger partial charge in [-0.2, -0.15) is 5.10 Å². The second-order valence-corrected chi connectivity index (χ2v) is 6.17. The molecule has 0 spiro atoms. The lowest BCUT2D eigenvalue weighted by Crippen LogP contribution is -2.16. The number of fused-ring (bicyclic) bond motifs is 1. The van der Waals surface area contributed by atoms with Gasteiger partial charge in [-0.25, -0.2) is 9.07 Å². The van der Waals surface area contributed by atoms with Crippen LogP contribution in [0.25, 0.3) is 5.69 Å². The minimum atomic E-state index is -0.243. The zero-order valence-corrected chi connectivity index (χ0v) is 12.4. The van der Waals surface area contributed by atoms with Gasteiger partial charge in [-0.1, -0.05) is 18.1 Å². The van der Waals surface area contributed by atoms with Crippen LogP contribution >= 0.6 is 0 Å². The number of carbonyl (C=O) groups excluding carboxylic acids is 1. The van der Waals surface area contributed by atoms with Crippen LogP contribution in [0.15, 0.2) is 41.6 Å². The van der Waals surface area contributed by atoms with Crippen LogP contribution in [0, 0.1) is 11.7 Å². The average Bonchev–Trinajstić information content (AvgIpc) is 3.12. The number of rotatable bonds is 2. The molecule has 0 N–H and O–H groups in total. The summed E-state index contributed by atoms with van der Waals surface area (Å²) < 4.78 is 15.0. The fourth-order valence-electron chi connectivity index (χ4n) is 3.95. The van der Waals surface area contributed by atoms with E-state index >= 15 is 0 Å². The van der Waals surface area contributed by atoms with Gasteiger partial charge < -0.3 is 4.79 Å². The summed E-state index contributed by atoms with van der Waals surface area (Å²) in [7, 11) is 0. The van der Waals surface area contributed by atoms with Crippen molar-refractivity contribution in [2.45, 2.75) is 32.1 Å². The highest BCUT2D eigenvalue weighted by Crippen LogP contribution is 2.46. The number of carbonyl (C=O) groups is 1. The predicted molar refractivity (Wildman–Crippen MR) is 81.5 cm³/mol. The second kappa shape index (κ2) is 4.90. The molecule has 0 saturated heterocycles. The third-order valence-electron chi connectivity index (χ3n) is 5.02. The molecule has 0 aliphatic heterocycles. The molecule has 1 heterocycles. The summed E-state index contributed by atoms with van der Waals surface area (Å²) in [5.74, 6) is 0.0747. The molecule has 2 aliphatic rings. The van der Waals surface area contributed by atoms with Crippen LogP contribution in [0.2, 0.25) is 0 Å². The van der Waals surface area contributed by atoms with E-state index in [4.69, 9.17) is 0 Å². The van der Waals surface area contributed by atoms with Crippen molar-refractivity contribution >= 4 is 6.29 Å². The Balaban J connectivity index is 1.78. The molecule has 4 rings (SSSR count). The number of hydrogen-bond donors (Lipinski definition) is 0. The summed E-state index contributed by atoms with van der Waals surface area (Å²) in [5, 5.41) is 4.51. The molecule has 22 heavy (non-hydrogen) atoms. The minimum Gasteiger partial charge on any atom is -0.303 e. The fourth-order valence-corrected chi connectivity index (χ4v) is 3.95. The number of allylic oxidation sites excluding steroid dienone is 2. The van der Waals surface area contributed by atoms with E-state index in [0.717, 1.165) is 31.2 Å². The van der Waals surface area contributed by atoms with Crippen molar-refractivity contribution in [2.24, 2.45) is 5.92 Å². The minimum absolute atomic E-state index is 0.0762. The topological polar surface area (TPSA) is 34.9 Å². The second-order valence-electron chi connectivity index (χ2n) is 6.17. The van der Waals surface area contributed by atoms with Crippen molar-refractivity contribution in [3.05, 3.63) is 58.7 Å². The first kappa shape index (κ1) is 13.4. The van der Waals surface area contributed by atoms with Crippen LogP contribution in [0.3, 0.4) is 0 Å². The van der Waals surface area contributed by atoms with Crippen molar-refractivity contribution in [3.8, 4) is 5.69 Å². The predicted octanol–water partition coefficient (Wildman–Crippen LogP) is 3.58. The molecular weight excluding hydrogens is 279 g/mol. The molecule has 0 amide bonds. The van der Waals surface area contributed by atoms with E-state index in [9.17, 15) is 9.18 Å².